The van der Waals surface area contributed by atoms with Gasteiger partial charge in [-0.05, 0) is 26.0 Å². The van der Waals surface area contributed by atoms with E-state index in [4.69, 9.17) is 14.2 Å². The molecule has 2 atom stereocenters. The number of hydrogen-bond donors (Lipinski definition) is 3. The summed E-state index contributed by atoms with van der Waals surface area (Å²) in [5, 5.41) is 5.46. The predicted octanol–water partition coefficient (Wildman–Crippen LogP) is 0.237. The highest BCUT2D eigenvalue weighted by atomic mass is 16.5. The maximum atomic E-state index is 12.3. The SMILES string of the molecule is CCOC(=O)C1=C(C[NH+](C)Cc2ccc(OC)cc2OC)NC(=O)N[C@H]1C. The van der Waals surface area contributed by atoms with E-state index in [9.17, 15) is 9.59 Å². The van der Waals surface area contributed by atoms with Crippen molar-refractivity contribution in [1.29, 1.82) is 0 Å². The zero-order chi connectivity index (χ0) is 20.0. The van der Waals surface area contributed by atoms with Crippen molar-refractivity contribution < 1.29 is 28.7 Å². The van der Waals surface area contributed by atoms with Gasteiger partial charge in [-0.25, -0.2) is 9.59 Å². The van der Waals surface area contributed by atoms with Crippen molar-refractivity contribution in [3.05, 3.63) is 35.0 Å². The molecule has 1 aromatic carbocycles. The number of benzene rings is 1. The average Bonchev–Trinajstić information content (AvgIpc) is 2.61. The largest absolute Gasteiger partial charge is 0.497 e. The zero-order valence-electron chi connectivity index (χ0n) is 16.5. The van der Waals surface area contributed by atoms with Crippen molar-refractivity contribution >= 4 is 12.0 Å². The molecule has 1 aliphatic heterocycles. The second-order valence-electron chi connectivity index (χ2n) is 6.42. The molecule has 1 heterocycles. The Bertz CT molecular complexity index is 732. The summed E-state index contributed by atoms with van der Waals surface area (Å²) in [6.07, 6.45) is 0. The zero-order valence-corrected chi connectivity index (χ0v) is 16.5. The lowest BCUT2D eigenvalue weighted by Crippen LogP contribution is -3.08. The van der Waals surface area contributed by atoms with Crippen molar-refractivity contribution in [3.63, 3.8) is 0 Å². The van der Waals surface area contributed by atoms with Crippen LogP contribution < -0.4 is 25.0 Å². The first-order chi connectivity index (χ1) is 12.9. The molecule has 2 rings (SSSR count). The van der Waals surface area contributed by atoms with Crippen LogP contribution in [0.25, 0.3) is 0 Å². The number of hydrogen-bond acceptors (Lipinski definition) is 5. The number of carbonyl (C=O) groups excluding carboxylic acids is 2. The fourth-order valence-electron chi connectivity index (χ4n) is 3.11. The van der Waals surface area contributed by atoms with Gasteiger partial charge in [-0.3, -0.25) is 0 Å². The molecule has 1 aromatic rings. The van der Waals surface area contributed by atoms with Crippen LogP contribution in [0.4, 0.5) is 4.79 Å². The molecule has 1 aliphatic rings. The molecule has 0 saturated carbocycles. The molecule has 0 aromatic heterocycles. The Hall–Kier alpha value is -2.74. The second-order valence-corrected chi connectivity index (χ2v) is 6.42. The quantitative estimate of drug-likeness (QED) is 0.564. The predicted molar refractivity (Wildman–Crippen MR) is 99.8 cm³/mol. The van der Waals surface area contributed by atoms with Crippen LogP contribution in [-0.2, 0) is 16.1 Å². The maximum Gasteiger partial charge on any atom is 0.338 e. The minimum Gasteiger partial charge on any atom is -0.497 e. The van der Waals surface area contributed by atoms with Gasteiger partial charge in [-0.2, -0.15) is 0 Å². The van der Waals surface area contributed by atoms with Crippen molar-refractivity contribution in [2.24, 2.45) is 0 Å². The van der Waals surface area contributed by atoms with Gasteiger partial charge in [0.15, 0.2) is 0 Å². The number of likely N-dealkylation sites (N-methyl/N-ethyl adjacent to an activating group) is 1. The smallest absolute Gasteiger partial charge is 0.338 e. The summed E-state index contributed by atoms with van der Waals surface area (Å²) in [7, 11) is 5.21. The molecule has 2 amide bonds. The second kappa shape index (κ2) is 9.27. The topological polar surface area (TPSA) is 90.3 Å². The van der Waals surface area contributed by atoms with Gasteiger partial charge in [0.05, 0.1) is 45.2 Å². The van der Waals surface area contributed by atoms with Gasteiger partial charge in [0, 0.05) is 11.6 Å². The number of methoxy groups -OCH3 is 2. The minimum atomic E-state index is -0.415. The number of quaternary nitrogens is 1. The van der Waals surface area contributed by atoms with Gasteiger partial charge in [-0.1, -0.05) is 0 Å². The monoisotopic (exact) mass is 378 g/mol. The molecule has 0 aliphatic carbocycles. The molecule has 0 radical (unpaired) electrons. The lowest BCUT2D eigenvalue weighted by Gasteiger charge is -2.27. The molecular formula is C19H28N3O5+. The van der Waals surface area contributed by atoms with E-state index in [1.54, 1.807) is 28.1 Å². The number of urea groups is 1. The number of esters is 1. The molecule has 1 unspecified atom stereocenters. The molecular weight excluding hydrogens is 350 g/mol. The van der Waals surface area contributed by atoms with Crippen molar-refractivity contribution in [2.75, 3.05) is 34.4 Å². The maximum absolute atomic E-state index is 12.3. The molecule has 0 bridgehead atoms. The van der Waals surface area contributed by atoms with Crippen molar-refractivity contribution in [1.82, 2.24) is 10.6 Å². The number of rotatable bonds is 8. The van der Waals surface area contributed by atoms with Crippen LogP contribution in [0.1, 0.15) is 19.4 Å². The van der Waals surface area contributed by atoms with Gasteiger partial charge < -0.3 is 29.7 Å². The van der Waals surface area contributed by atoms with Gasteiger partial charge in [0.1, 0.15) is 24.6 Å². The van der Waals surface area contributed by atoms with Crippen molar-refractivity contribution in [2.45, 2.75) is 26.4 Å². The molecule has 0 fully saturated rings. The highest BCUT2D eigenvalue weighted by Crippen LogP contribution is 2.23. The van der Waals surface area contributed by atoms with E-state index in [0.717, 1.165) is 22.0 Å². The standard InChI is InChI=1S/C19H27N3O5/c1-6-27-18(23)17-12(2)20-19(24)21-15(17)11-22(3)10-13-7-8-14(25-4)9-16(13)26-5/h7-9,12H,6,10-11H2,1-5H3,(H2,20,21,24)/p+1/t12-/m0/s1. The summed E-state index contributed by atoms with van der Waals surface area (Å²) < 4.78 is 15.8. The Morgan fingerprint density at radius 3 is 2.59 bits per heavy atom. The molecule has 0 spiro atoms. The first-order valence-electron chi connectivity index (χ1n) is 8.89. The Kier molecular flexibility index (Phi) is 7.06. The van der Waals surface area contributed by atoms with E-state index in [1.807, 2.05) is 25.2 Å². The van der Waals surface area contributed by atoms with Crippen LogP contribution >= 0.6 is 0 Å². The third kappa shape index (κ3) is 5.13. The summed E-state index contributed by atoms with van der Waals surface area (Å²) in [5.74, 6) is 1.04. The number of carbonyl (C=O) groups is 2. The van der Waals surface area contributed by atoms with Gasteiger partial charge in [0.25, 0.3) is 0 Å². The normalized spacial score (nSPS) is 17.7. The first kappa shape index (κ1) is 20.6. The van der Waals surface area contributed by atoms with Crippen LogP contribution in [0, 0.1) is 0 Å². The Labute approximate surface area is 159 Å². The van der Waals surface area contributed by atoms with E-state index in [-0.39, 0.29) is 12.6 Å². The third-order valence-electron chi connectivity index (χ3n) is 4.33. The summed E-state index contributed by atoms with van der Waals surface area (Å²) >= 11 is 0. The summed E-state index contributed by atoms with van der Waals surface area (Å²) in [4.78, 5) is 25.3. The highest BCUT2D eigenvalue weighted by Gasteiger charge is 2.31. The van der Waals surface area contributed by atoms with Crippen molar-refractivity contribution in [3.8, 4) is 11.5 Å². The van der Waals surface area contributed by atoms with Crippen LogP contribution in [0.2, 0.25) is 0 Å². The summed E-state index contributed by atoms with van der Waals surface area (Å²) in [5.41, 5.74) is 2.04. The van der Waals surface area contributed by atoms with E-state index in [1.165, 1.54) is 0 Å². The van der Waals surface area contributed by atoms with E-state index in [0.29, 0.717) is 24.4 Å². The van der Waals surface area contributed by atoms with E-state index >= 15 is 0 Å². The molecule has 27 heavy (non-hydrogen) atoms. The summed E-state index contributed by atoms with van der Waals surface area (Å²) in [6, 6.07) is 4.94. The lowest BCUT2D eigenvalue weighted by atomic mass is 10.0. The fourth-order valence-corrected chi connectivity index (χ4v) is 3.11. The van der Waals surface area contributed by atoms with Crippen LogP contribution in [0.5, 0.6) is 11.5 Å². The highest BCUT2D eigenvalue weighted by molar-refractivity contribution is 5.94. The van der Waals surface area contributed by atoms with Gasteiger partial charge >= 0.3 is 12.0 Å². The minimum absolute atomic E-state index is 0.280. The van der Waals surface area contributed by atoms with Crippen LogP contribution in [0.3, 0.4) is 0 Å². The number of amides is 2. The Balaban J connectivity index is 2.21. The number of nitrogens with one attached hydrogen (secondary N) is 3. The van der Waals surface area contributed by atoms with E-state index < -0.39 is 12.0 Å². The molecule has 3 N–H and O–H groups in total. The van der Waals surface area contributed by atoms with Crippen LogP contribution in [0.15, 0.2) is 29.5 Å². The van der Waals surface area contributed by atoms with Gasteiger partial charge in [0.2, 0.25) is 0 Å². The van der Waals surface area contributed by atoms with E-state index in [2.05, 4.69) is 10.6 Å². The number of ether oxygens (including phenoxy) is 3. The Morgan fingerprint density at radius 1 is 1.22 bits per heavy atom. The Morgan fingerprint density at radius 2 is 1.96 bits per heavy atom. The molecule has 8 heteroatoms. The average molecular weight is 378 g/mol. The molecule has 0 saturated heterocycles. The van der Waals surface area contributed by atoms with Gasteiger partial charge in [-0.15, -0.1) is 0 Å². The fraction of sp³-hybridized carbons (Fsp3) is 0.474. The van der Waals surface area contributed by atoms with Crippen LogP contribution in [-0.4, -0.2) is 52.5 Å². The third-order valence-corrected chi connectivity index (χ3v) is 4.33. The summed E-state index contributed by atoms with van der Waals surface area (Å²) in [6.45, 7) is 4.91. The molecule has 148 valence electrons. The first-order valence-corrected chi connectivity index (χ1v) is 8.89. The lowest BCUT2D eigenvalue weighted by molar-refractivity contribution is -0.889. The molecule has 8 nitrogen and oxygen atoms in total.